The summed E-state index contributed by atoms with van der Waals surface area (Å²) in [6, 6.07) is 2.68. The summed E-state index contributed by atoms with van der Waals surface area (Å²) in [6.07, 6.45) is 6.80. The zero-order valence-corrected chi connectivity index (χ0v) is 9.82. The molecule has 0 fully saturated rings. The molecular formula is C9H21ClSi. The molecule has 0 N–H and O–H groups in total. The van der Waals surface area contributed by atoms with E-state index in [-0.39, 0.29) is 0 Å². The molecule has 0 aliphatic carbocycles. The first-order valence-electron chi connectivity index (χ1n) is 4.95. The minimum Gasteiger partial charge on any atom is -0.172 e. The van der Waals surface area contributed by atoms with Crippen LogP contribution < -0.4 is 0 Å². The van der Waals surface area contributed by atoms with Crippen molar-refractivity contribution >= 4 is 19.2 Å². The van der Waals surface area contributed by atoms with Gasteiger partial charge in [0.2, 0.25) is 0 Å². The minimum absolute atomic E-state index is 0.773. The van der Waals surface area contributed by atoms with E-state index < -0.39 is 8.11 Å². The molecule has 0 radical (unpaired) electrons. The summed E-state index contributed by atoms with van der Waals surface area (Å²) >= 11 is 6.20. The number of rotatable bonds is 7. The maximum atomic E-state index is 6.20. The van der Waals surface area contributed by atoms with E-state index in [1.54, 1.807) is 0 Å². The average molecular weight is 193 g/mol. The Morgan fingerprint density at radius 1 is 0.909 bits per heavy atom. The van der Waals surface area contributed by atoms with Crippen LogP contribution >= 0.6 is 11.1 Å². The lowest BCUT2D eigenvalue weighted by atomic mass is 10.2. The van der Waals surface area contributed by atoms with Gasteiger partial charge in [0.1, 0.15) is 8.11 Å². The maximum absolute atomic E-state index is 6.20. The summed E-state index contributed by atoms with van der Waals surface area (Å²) in [5.41, 5.74) is 0. The van der Waals surface area contributed by atoms with Crippen LogP contribution in [0.2, 0.25) is 12.1 Å². The normalized spacial score (nSPS) is 13.4. The molecule has 0 aliphatic rings. The molecule has 0 aromatic rings. The SMILES string of the molecule is CCCCCC[SiH](Cl)CCC. The number of hydrogen-bond acceptors (Lipinski definition) is 0. The van der Waals surface area contributed by atoms with E-state index in [1.807, 2.05) is 0 Å². The molecule has 11 heavy (non-hydrogen) atoms. The van der Waals surface area contributed by atoms with Gasteiger partial charge in [-0.1, -0.05) is 46.0 Å². The van der Waals surface area contributed by atoms with Gasteiger partial charge in [-0.25, -0.2) is 0 Å². The van der Waals surface area contributed by atoms with Crippen LogP contribution in [0.5, 0.6) is 0 Å². The topological polar surface area (TPSA) is 0 Å². The van der Waals surface area contributed by atoms with Crippen LogP contribution in [0.3, 0.4) is 0 Å². The van der Waals surface area contributed by atoms with Crippen molar-refractivity contribution in [1.29, 1.82) is 0 Å². The summed E-state index contributed by atoms with van der Waals surface area (Å²) in [4.78, 5) is 0. The highest BCUT2D eigenvalue weighted by Gasteiger charge is 2.03. The average Bonchev–Trinajstić information content (AvgIpc) is 1.99. The fourth-order valence-corrected chi connectivity index (χ4v) is 4.01. The fourth-order valence-electron chi connectivity index (χ4n) is 1.25. The van der Waals surface area contributed by atoms with E-state index in [9.17, 15) is 0 Å². The predicted octanol–water partition coefficient (Wildman–Crippen LogP) is 3.94. The molecule has 0 aromatic heterocycles. The smallest absolute Gasteiger partial charge is 0.141 e. The largest absolute Gasteiger partial charge is 0.172 e. The molecule has 0 heterocycles. The molecule has 0 aromatic carbocycles. The molecule has 0 nitrogen and oxygen atoms in total. The Bertz CT molecular complexity index is 76.0. The third kappa shape index (κ3) is 8.41. The van der Waals surface area contributed by atoms with Crippen molar-refractivity contribution in [3.05, 3.63) is 0 Å². The second-order valence-corrected chi connectivity index (χ2v) is 7.44. The molecule has 0 spiro atoms. The van der Waals surface area contributed by atoms with Gasteiger partial charge < -0.3 is 0 Å². The van der Waals surface area contributed by atoms with E-state index in [2.05, 4.69) is 13.8 Å². The Morgan fingerprint density at radius 3 is 2.18 bits per heavy atom. The Balaban J connectivity index is 2.97. The highest BCUT2D eigenvalue weighted by atomic mass is 35.6. The maximum Gasteiger partial charge on any atom is 0.141 e. The van der Waals surface area contributed by atoms with E-state index >= 15 is 0 Å². The van der Waals surface area contributed by atoms with Gasteiger partial charge >= 0.3 is 0 Å². The highest BCUT2D eigenvalue weighted by Crippen LogP contribution is 2.12. The van der Waals surface area contributed by atoms with Gasteiger partial charge in [0.05, 0.1) is 0 Å². The van der Waals surface area contributed by atoms with Gasteiger partial charge in [-0.05, 0) is 12.1 Å². The van der Waals surface area contributed by atoms with Gasteiger partial charge in [-0.2, -0.15) is 11.1 Å². The van der Waals surface area contributed by atoms with Crippen LogP contribution in [-0.4, -0.2) is 8.11 Å². The van der Waals surface area contributed by atoms with Crippen molar-refractivity contribution in [2.75, 3.05) is 0 Å². The Kier molecular flexibility index (Phi) is 9.00. The molecule has 0 bridgehead atoms. The van der Waals surface area contributed by atoms with Crippen molar-refractivity contribution < 1.29 is 0 Å². The molecule has 1 unspecified atom stereocenters. The van der Waals surface area contributed by atoms with Gasteiger partial charge in [0, 0.05) is 0 Å². The molecule has 68 valence electrons. The van der Waals surface area contributed by atoms with Crippen molar-refractivity contribution in [3.63, 3.8) is 0 Å². The fraction of sp³-hybridized carbons (Fsp3) is 1.00. The zero-order chi connectivity index (χ0) is 8.53. The van der Waals surface area contributed by atoms with E-state index in [0.29, 0.717) is 0 Å². The van der Waals surface area contributed by atoms with Crippen molar-refractivity contribution in [2.24, 2.45) is 0 Å². The third-order valence-corrected chi connectivity index (χ3v) is 5.52. The molecule has 0 saturated heterocycles. The lowest BCUT2D eigenvalue weighted by Crippen LogP contribution is -2.01. The lowest BCUT2D eigenvalue weighted by Gasteiger charge is -2.04. The summed E-state index contributed by atoms with van der Waals surface area (Å²) in [5.74, 6) is 0. The molecule has 0 rings (SSSR count). The number of hydrogen-bond donors (Lipinski definition) is 0. The molecule has 0 saturated carbocycles. The van der Waals surface area contributed by atoms with Crippen LogP contribution in [0, 0.1) is 0 Å². The number of halogens is 1. The Morgan fingerprint density at radius 2 is 1.64 bits per heavy atom. The van der Waals surface area contributed by atoms with E-state index in [0.717, 1.165) is 0 Å². The Labute approximate surface area is 77.6 Å². The minimum atomic E-state index is -0.773. The van der Waals surface area contributed by atoms with Crippen LogP contribution in [0.25, 0.3) is 0 Å². The van der Waals surface area contributed by atoms with Gasteiger partial charge in [0.15, 0.2) is 0 Å². The van der Waals surface area contributed by atoms with Gasteiger partial charge in [0.25, 0.3) is 0 Å². The summed E-state index contributed by atoms with van der Waals surface area (Å²) in [5, 5.41) is 0. The third-order valence-electron chi connectivity index (χ3n) is 1.97. The quantitative estimate of drug-likeness (QED) is 0.326. The standard InChI is InChI=1S/C9H21ClSi/c1-3-5-6-7-9-11(10)8-4-2/h11H,3-9H2,1-2H3. The first kappa shape index (κ1) is 11.5. The van der Waals surface area contributed by atoms with E-state index in [1.165, 1.54) is 44.2 Å². The summed E-state index contributed by atoms with van der Waals surface area (Å²) in [6.45, 7) is 4.48. The zero-order valence-electron chi connectivity index (χ0n) is 7.91. The van der Waals surface area contributed by atoms with E-state index in [4.69, 9.17) is 11.1 Å². The first-order valence-corrected chi connectivity index (χ1v) is 8.33. The Hall–Kier alpha value is 0.507. The van der Waals surface area contributed by atoms with Gasteiger partial charge in [-0.3, -0.25) is 0 Å². The molecule has 0 aliphatic heterocycles. The second kappa shape index (κ2) is 8.60. The van der Waals surface area contributed by atoms with Gasteiger partial charge in [-0.15, -0.1) is 0 Å². The van der Waals surface area contributed by atoms with Crippen molar-refractivity contribution in [1.82, 2.24) is 0 Å². The molecule has 2 heteroatoms. The van der Waals surface area contributed by atoms with Crippen LogP contribution in [-0.2, 0) is 0 Å². The molecule has 1 atom stereocenters. The van der Waals surface area contributed by atoms with Crippen LogP contribution in [0.1, 0.15) is 46.0 Å². The molecule has 0 amide bonds. The summed E-state index contributed by atoms with van der Waals surface area (Å²) in [7, 11) is -0.773. The van der Waals surface area contributed by atoms with Crippen LogP contribution in [0.15, 0.2) is 0 Å². The summed E-state index contributed by atoms with van der Waals surface area (Å²) < 4.78 is 0. The first-order chi connectivity index (χ1) is 5.31. The predicted molar refractivity (Wildman–Crippen MR) is 57.0 cm³/mol. The number of unbranched alkanes of at least 4 members (excludes halogenated alkanes) is 3. The van der Waals surface area contributed by atoms with Crippen molar-refractivity contribution in [2.45, 2.75) is 58.0 Å². The monoisotopic (exact) mass is 192 g/mol. The second-order valence-electron chi connectivity index (χ2n) is 3.24. The molecular weight excluding hydrogens is 172 g/mol. The van der Waals surface area contributed by atoms with Crippen LogP contribution in [0.4, 0.5) is 0 Å². The lowest BCUT2D eigenvalue weighted by molar-refractivity contribution is 0.699. The highest BCUT2D eigenvalue weighted by molar-refractivity contribution is 7.06. The van der Waals surface area contributed by atoms with Crippen molar-refractivity contribution in [3.8, 4) is 0 Å².